The first-order chi connectivity index (χ1) is 14.2. The van der Waals surface area contributed by atoms with Crippen LogP contribution in [0.3, 0.4) is 0 Å². The van der Waals surface area contributed by atoms with Crippen LogP contribution in [0.5, 0.6) is 11.5 Å². The summed E-state index contributed by atoms with van der Waals surface area (Å²) < 4.78 is 16.3. The number of ether oxygens (including phenoxy) is 3. The number of piperazine rings is 1. The first-order valence-electron chi connectivity index (χ1n) is 9.91. The van der Waals surface area contributed by atoms with E-state index in [0.717, 1.165) is 48.8 Å². The summed E-state index contributed by atoms with van der Waals surface area (Å²) >= 11 is 0. The van der Waals surface area contributed by atoms with E-state index in [1.54, 1.807) is 14.2 Å². The van der Waals surface area contributed by atoms with E-state index in [4.69, 9.17) is 14.2 Å². The van der Waals surface area contributed by atoms with Crippen molar-refractivity contribution >= 4 is 11.7 Å². The SMILES string of the molecule is COc1ccc(OC)c(-c2ccc(N3CCN(C(=O)C4CCCO4)CC3)nn2)c1. The van der Waals surface area contributed by atoms with Gasteiger partial charge in [-0.1, -0.05) is 0 Å². The summed E-state index contributed by atoms with van der Waals surface area (Å²) in [7, 11) is 3.26. The van der Waals surface area contributed by atoms with Crippen LogP contribution in [0.2, 0.25) is 0 Å². The second-order valence-corrected chi connectivity index (χ2v) is 7.16. The fraction of sp³-hybridized carbons (Fsp3) is 0.476. The van der Waals surface area contributed by atoms with Gasteiger partial charge in [0.05, 0.1) is 19.9 Å². The van der Waals surface area contributed by atoms with Gasteiger partial charge < -0.3 is 24.0 Å². The smallest absolute Gasteiger partial charge is 0.251 e. The van der Waals surface area contributed by atoms with Gasteiger partial charge in [-0.2, -0.15) is 0 Å². The number of hydrogen-bond donors (Lipinski definition) is 0. The summed E-state index contributed by atoms with van der Waals surface area (Å²) in [6.07, 6.45) is 1.55. The third kappa shape index (κ3) is 4.12. The van der Waals surface area contributed by atoms with Crippen molar-refractivity contribution in [3.05, 3.63) is 30.3 Å². The summed E-state index contributed by atoms with van der Waals surface area (Å²) in [4.78, 5) is 16.5. The minimum Gasteiger partial charge on any atom is -0.497 e. The van der Waals surface area contributed by atoms with Crippen LogP contribution in [0.15, 0.2) is 30.3 Å². The third-order valence-corrected chi connectivity index (χ3v) is 5.45. The highest BCUT2D eigenvalue weighted by Gasteiger charge is 2.30. The van der Waals surface area contributed by atoms with Crippen LogP contribution in [0.4, 0.5) is 5.82 Å². The molecule has 2 fully saturated rings. The predicted molar refractivity (Wildman–Crippen MR) is 108 cm³/mol. The molecule has 0 radical (unpaired) electrons. The summed E-state index contributed by atoms with van der Waals surface area (Å²) in [5.41, 5.74) is 1.55. The lowest BCUT2D eigenvalue weighted by Gasteiger charge is -2.36. The van der Waals surface area contributed by atoms with Crippen molar-refractivity contribution in [3.63, 3.8) is 0 Å². The average molecular weight is 398 g/mol. The van der Waals surface area contributed by atoms with Crippen molar-refractivity contribution < 1.29 is 19.0 Å². The second-order valence-electron chi connectivity index (χ2n) is 7.16. The minimum absolute atomic E-state index is 0.119. The Balaban J connectivity index is 1.42. The molecular weight excluding hydrogens is 372 g/mol. The Morgan fingerprint density at radius 2 is 1.90 bits per heavy atom. The zero-order chi connectivity index (χ0) is 20.2. The van der Waals surface area contributed by atoms with Gasteiger partial charge in [-0.25, -0.2) is 0 Å². The predicted octanol–water partition coefficient (Wildman–Crippen LogP) is 1.99. The Labute approximate surface area is 170 Å². The monoisotopic (exact) mass is 398 g/mol. The topological polar surface area (TPSA) is 77.0 Å². The molecule has 2 saturated heterocycles. The Morgan fingerprint density at radius 1 is 1.07 bits per heavy atom. The second kappa shape index (κ2) is 8.65. The fourth-order valence-electron chi connectivity index (χ4n) is 3.78. The van der Waals surface area contributed by atoms with Crippen LogP contribution in [0.25, 0.3) is 11.3 Å². The molecular formula is C21H26N4O4. The number of aromatic nitrogens is 2. The van der Waals surface area contributed by atoms with Gasteiger partial charge in [0.15, 0.2) is 5.82 Å². The molecule has 0 saturated carbocycles. The maximum Gasteiger partial charge on any atom is 0.251 e. The number of anilines is 1. The molecule has 1 aromatic heterocycles. The molecule has 8 nitrogen and oxygen atoms in total. The lowest BCUT2D eigenvalue weighted by atomic mass is 10.1. The van der Waals surface area contributed by atoms with Gasteiger partial charge in [-0.3, -0.25) is 4.79 Å². The molecule has 1 aromatic carbocycles. The molecule has 2 aromatic rings. The van der Waals surface area contributed by atoms with E-state index in [0.29, 0.717) is 25.4 Å². The van der Waals surface area contributed by atoms with Crippen molar-refractivity contribution in [1.29, 1.82) is 0 Å². The van der Waals surface area contributed by atoms with Gasteiger partial charge in [0.25, 0.3) is 5.91 Å². The molecule has 0 spiro atoms. The lowest BCUT2D eigenvalue weighted by Crippen LogP contribution is -2.51. The zero-order valence-corrected chi connectivity index (χ0v) is 16.8. The Kier molecular flexibility index (Phi) is 5.80. The molecule has 0 N–H and O–H groups in total. The first-order valence-corrected chi connectivity index (χ1v) is 9.91. The quantitative estimate of drug-likeness (QED) is 0.762. The molecule has 0 bridgehead atoms. The van der Waals surface area contributed by atoms with Gasteiger partial charge in [0.1, 0.15) is 17.6 Å². The fourth-order valence-corrected chi connectivity index (χ4v) is 3.78. The molecule has 1 atom stereocenters. The number of methoxy groups -OCH3 is 2. The van der Waals surface area contributed by atoms with Gasteiger partial charge in [0, 0.05) is 38.3 Å². The van der Waals surface area contributed by atoms with E-state index in [2.05, 4.69) is 15.1 Å². The largest absolute Gasteiger partial charge is 0.497 e. The standard InChI is InChI=1S/C21H26N4O4/c1-27-15-5-7-18(28-2)16(14-15)17-6-8-20(23-22-17)24-9-11-25(12-10-24)21(26)19-4-3-13-29-19/h5-8,14,19H,3-4,9-13H2,1-2H3. The molecule has 1 amide bonds. The molecule has 29 heavy (non-hydrogen) atoms. The van der Waals surface area contributed by atoms with E-state index in [1.807, 2.05) is 35.2 Å². The Morgan fingerprint density at radius 3 is 2.52 bits per heavy atom. The summed E-state index contributed by atoms with van der Waals surface area (Å²) in [5, 5.41) is 8.81. The highest BCUT2D eigenvalue weighted by atomic mass is 16.5. The molecule has 154 valence electrons. The van der Waals surface area contributed by atoms with Crippen molar-refractivity contribution in [2.75, 3.05) is 51.9 Å². The Bertz CT molecular complexity index is 844. The molecule has 0 aliphatic carbocycles. The van der Waals surface area contributed by atoms with Crippen molar-refractivity contribution in [1.82, 2.24) is 15.1 Å². The van der Waals surface area contributed by atoms with Gasteiger partial charge in [-0.15, -0.1) is 10.2 Å². The number of hydrogen-bond acceptors (Lipinski definition) is 7. The zero-order valence-electron chi connectivity index (χ0n) is 16.8. The van der Waals surface area contributed by atoms with Gasteiger partial charge >= 0.3 is 0 Å². The average Bonchev–Trinajstić information content (AvgIpc) is 3.33. The number of carbonyl (C=O) groups excluding carboxylic acids is 1. The van der Waals surface area contributed by atoms with Crippen molar-refractivity contribution in [2.45, 2.75) is 18.9 Å². The van der Waals surface area contributed by atoms with Crippen LogP contribution in [0.1, 0.15) is 12.8 Å². The number of amides is 1. The minimum atomic E-state index is -0.251. The molecule has 2 aliphatic rings. The number of carbonyl (C=O) groups is 1. The first kappa shape index (κ1) is 19.4. The van der Waals surface area contributed by atoms with Crippen LogP contribution >= 0.6 is 0 Å². The normalized spacial score (nSPS) is 19.3. The number of benzene rings is 1. The third-order valence-electron chi connectivity index (χ3n) is 5.45. The maximum absolute atomic E-state index is 12.5. The lowest BCUT2D eigenvalue weighted by molar-refractivity contribution is -0.141. The number of rotatable bonds is 5. The molecule has 3 heterocycles. The molecule has 2 aliphatic heterocycles. The Hall–Kier alpha value is -2.87. The van der Waals surface area contributed by atoms with E-state index < -0.39 is 0 Å². The molecule has 4 rings (SSSR count). The van der Waals surface area contributed by atoms with Crippen LogP contribution in [0, 0.1) is 0 Å². The van der Waals surface area contributed by atoms with E-state index >= 15 is 0 Å². The van der Waals surface area contributed by atoms with Crippen LogP contribution in [-0.2, 0) is 9.53 Å². The van der Waals surface area contributed by atoms with Gasteiger partial charge in [-0.05, 0) is 43.2 Å². The van der Waals surface area contributed by atoms with Gasteiger partial charge in [0.2, 0.25) is 0 Å². The molecule has 1 unspecified atom stereocenters. The van der Waals surface area contributed by atoms with Crippen molar-refractivity contribution in [3.8, 4) is 22.8 Å². The van der Waals surface area contributed by atoms with E-state index in [-0.39, 0.29) is 12.0 Å². The summed E-state index contributed by atoms with van der Waals surface area (Å²) in [6, 6.07) is 9.48. The maximum atomic E-state index is 12.5. The van der Waals surface area contributed by atoms with E-state index in [1.165, 1.54) is 0 Å². The van der Waals surface area contributed by atoms with E-state index in [9.17, 15) is 4.79 Å². The number of nitrogens with zero attached hydrogens (tertiary/aromatic N) is 4. The summed E-state index contributed by atoms with van der Waals surface area (Å²) in [6.45, 7) is 3.50. The van der Waals surface area contributed by atoms with Crippen LogP contribution < -0.4 is 14.4 Å². The van der Waals surface area contributed by atoms with Crippen LogP contribution in [-0.4, -0.2) is 74.1 Å². The highest BCUT2D eigenvalue weighted by molar-refractivity contribution is 5.81. The highest BCUT2D eigenvalue weighted by Crippen LogP contribution is 2.32. The molecule has 8 heteroatoms. The van der Waals surface area contributed by atoms with Crippen molar-refractivity contribution in [2.24, 2.45) is 0 Å². The summed E-state index contributed by atoms with van der Waals surface area (Å²) in [5.74, 6) is 2.38.